The molecule has 0 aliphatic heterocycles. The van der Waals surface area contributed by atoms with Crippen LogP contribution in [0.4, 0.5) is 0 Å². The fourth-order valence-corrected chi connectivity index (χ4v) is 2.02. The largest absolute Gasteiger partial charge is 0.357 e. The van der Waals surface area contributed by atoms with Crippen LogP contribution >= 0.6 is 19.2 Å². The van der Waals surface area contributed by atoms with E-state index in [9.17, 15) is 4.57 Å². The first kappa shape index (κ1) is 10.5. The van der Waals surface area contributed by atoms with Crippen molar-refractivity contribution in [3.63, 3.8) is 0 Å². The summed E-state index contributed by atoms with van der Waals surface area (Å²) in [5.74, 6) is 0. The monoisotopic (exact) mass is 218 g/mol. The smallest absolute Gasteiger partial charge is 0.321 e. The summed E-state index contributed by atoms with van der Waals surface area (Å²) in [6, 6.07) is 8.31. The average molecular weight is 219 g/mol. The first-order valence-corrected chi connectivity index (χ1v) is 5.52. The second-order valence-corrected chi connectivity index (χ2v) is 4.19. The molecule has 2 N–H and O–H groups in total. The van der Waals surface area contributed by atoms with Gasteiger partial charge in [-0.2, -0.15) is 0 Å². The molecule has 5 heteroatoms. The molecule has 0 aromatic heterocycles. The third kappa shape index (κ3) is 2.68. The maximum atomic E-state index is 10.9. The van der Waals surface area contributed by atoms with Crippen molar-refractivity contribution in [2.45, 2.75) is 0 Å². The Morgan fingerprint density at radius 3 is 2.23 bits per heavy atom. The molecule has 0 heterocycles. The SMILES string of the molecule is O=P(O)(O)/C(=C\Cl)c1ccccc1. The van der Waals surface area contributed by atoms with Gasteiger partial charge in [0.25, 0.3) is 0 Å². The van der Waals surface area contributed by atoms with Gasteiger partial charge in [-0.05, 0) is 5.56 Å². The number of halogens is 1. The van der Waals surface area contributed by atoms with E-state index in [2.05, 4.69) is 0 Å². The van der Waals surface area contributed by atoms with E-state index in [1.54, 1.807) is 30.3 Å². The summed E-state index contributed by atoms with van der Waals surface area (Å²) in [4.78, 5) is 17.8. The van der Waals surface area contributed by atoms with E-state index in [0.29, 0.717) is 5.56 Å². The molecule has 0 saturated heterocycles. The quantitative estimate of drug-likeness (QED) is 0.750. The molecule has 0 spiro atoms. The zero-order chi connectivity index (χ0) is 9.90. The lowest BCUT2D eigenvalue weighted by atomic mass is 10.2. The molecule has 0 amide bonds. The Labute approximate surface area is 80.8 Å². The Kier molecular flexibility index (Phi) is 3.28. The lowest BCUT2D eigenvalue weighted by Crippen LogP contribution is -1.84. The number of rotatable bonds is 2. The summed E-state index contributed by atoms with van der Waals surface area (Å²) in [7, 11) is -4.27. The van der Waals surface area contributed by atoms with Crippen molar-refractivity contribution in [1.82, 2.24) is 0 Å². The second kappa shape index (κ2) is 4.07. The molecule has 0 unspecified atom stereocenters. The summed E-state index contributed by atoms with van der Waals surface area (Å²) < 4.78 is 10.9. The van der Waals surface area contributed by atoms with E-state index in [4.69, 9.17) is 21.4 Å². The van der Waals surface area contributed by atoms with Gasteiger partial charge in [0, 0.05) is 5.54 Å². The van der Waals surface area contributed by atoms with Gasteiger partial charge in [0.1, 0.15) is 0 Å². The fourth-order valence-electron chi connectivity index (χ4n) is 0.904. The van der Waals surface area contributed by atoms with Crippen molar-refractivity contribution in [2.24, 2.45) is 0 Å². The van der Waals surface area contributed by atoms with Gasteiger partial charge in [-0.25, -0.2) is 0 Å². The molecular weight excluding hydrogens is 211 g/mol. The van der Waals surface area contributed by atoms with Gasteiger partial charge in [-0.1, -0.05) is 41.9 Å². The van der Waals surface area contributed by atoms with Crippen LogP contribution in [0.3, 0.4) is 0 Å². The Bertz CT molecular complexity index is 355. The van der Waals surface area contributed by atoms with E-state index in [1.165, 1.54) is 0 Å². The molecule has 0 atom stereocenters. The first-order valence-electron chi connectivity index (χ1n) is 3.47. The molecule has 3 nitrogen and oxygen atoms in total. The van der Waals surface area contributed by atoms with Crippen molar-refractivity contribution in [3.8, 4) is 0 Å². The minimum Gasteiger partial charge on any atom is -0.321 e. The molecular formula is C8H8ClO3P. The van der Waals surface area contributed by atoms with Crippen LogP contribution < -0.4 is 0 Å². The van der Waals surface area contributed by atoms with Gasteiger partial charge < -0.3 is 9.79 Å². The van der Waals surface area contributed by atoms with Crippen molar-refractivity contribution in [1.29, 1.82) is 0 Å². The van der Waals surface area contributed by atoms with Gasteiger partial charge in [-0.3, -0.25) is 4.57 Å². The predicted octanol–water partition coefficient (Wildman–Crippen LogP) is 2.40. The van der Waals surface area contributed by atoms with Crippen LogP contribution in [0, 0.1) is 0 Å². The number of benzene rings is 1. The minimum atomic E-state index is -4.27. The Morgan fingerprint density at radius 2 is 1.85 bits per heavy atom. The zero-order valence-corrected chi connectivity index (χ0v) is 8.24. The third-order valence-electron chi connectivity index (χ3n) is 1.49. The minimum absolute atomic E-state index is 0.158. The molecule has 0 saturated carbocycles. The molecule has 1 rings (SSSR count). The standard InChI is InChI=1S/C8H8ClO3P/c9-6-8(13(10,11)12)7-4-2-1-3-5-7/h1-6H,(H2,10,11,12)/b8-6-. The van der Waals surface area contributed by atoms with Gasteiger partial charge in [0.2, 0.25) is 0 Å². The van der Waals surface area contributed by atoms with Crippen molar-refractivity contribution in [2.75, 3.05) is 0 Å². The second-order valence-electron chi connectivity index (χ2n) is 2.40. The van der Waals surface area contributed by atoms with Crippen molar-refractivity contribution in [3.05, 3.63) is 41.4 Å². The summed E-state index contributed by atoms with van der Waals surface area (Å²) in [5, 5.41) is -0.158. The van der Waals surface area contributed by atoms with E-state index in [0.717, 1.165) is 5.54 Å². The highest BCUT2D eigenvalue weighted by Crippen LogP contribution is 2.51. The maximum Gasteiger partial charge on any atom is 0.357 e. The maximum absolute atomic E-state index is 10.9. The van der Waals surface area contributed by atoms with E-state index >= 15 is 0 Å². The summed E-state index contributed by atoms with van der Waals surface area (Å²) in [6.07, 6.45) is 0. The topological polar surface area (TPSA) is 57.5 Å². The van der Waals surface area contributed by atoms with Crippen molar-refractivity contribution >= 4 is 24.5 Å². The van der Waals surface area contributed by atoms with Gasteiger partial charge in [0.05, 0.1) is 5.31 Å². The zero-order valence-electron chi connectivity index (χ0n) is 6.59. The molecule has 0 radical (unpaired) electrons. The Hall–Kier alpha value is -0.600. The first-order chi connectivity index (χ1) is 6.05. The van der Waals surface area contributed by atoms with Gasteiger partial charge in [0.15, 0.2) is 0 Å². The van der Waals surface area contributed by atoms with Crippen molar-refractivity contribution < 1.29 is 14.4 Å². The molecule has 0 fully saturated rings. The summed E-state index contributed by atoms with van der Waals surface area (Å²) >= 11 is 5.33. The number of hydrogen-bond donors (Lipinski definition) is 2. The molecule has 0 bridgehead atoms. The van der Waals surface area contributed by atoms with Crippen LogP contribution in [0.5, 0.6) is 0 Å². The lowest BCUT2D eigenvalue weighted by Gasteiger charge is -2.07. The summed E-state index contributed by atoms with van der Waals surface area (Å²) in [5.41, 5.74) is 1.35. The predicted molar refractivity (Wildman–Crippen MR) is 52.3 cm³/mol. The Morgan fingerprint density at radius 1 is 1.31 bits per heavy atom. The highest BCUT2D eigenvalue weighted by Gasteiger charge is 2.21. The molecule has 1 aromatic rings. The lowest BCUT2D eigenvalue weighted by molar-refractivity contribution is 0.388. The van der Waals surface area contributed by atoms with Gasteiger partial charge >= 0.3 is 7.60 Å². The van der Waals surface area contributed by atoms with Crippen LogP contribution in [0.25, 0.3) is 5.31 Å². The highest BCUT2D eigenvalue weighted by atomic mass is 35.5. The van der Waals surface area contributed by atoms with E-state index < -0.39 is 7.60 Å². The average Bonchev–Trinajstić information content (AvgIpc) is 2.05. The fraction of sp³-hybridized carbons (Fsp3) is 0. The normalized spacial score (nSPS) is 13.0. The summed E-state index contributed by atoms with van der Waals surface area (Å²) in [6.45, 7) is 0. The number of hydrogen-bond acceptors (Lipinski definition) is 1. The van der Waals surface area contributed by atoms with Crippen LogP contribution in [0.1, 0.15) is 5.56 Å². The van der Waals surface area contributed by atoms with Gasteiger partial charge in [-0.15, -0.1) is 0 Å². The molecule has 1 aromatic carbocycles. The van der Waals surface area contributed by atoms with E-state index in [1.807, 2.05) is 0 Å². The molecule has 0 aliphatic carbocycles. The third-order valence-corrected chi connectivity index (χ3v) is 2.87. The van der Waals surface area contributed by atoms with Crippen LogP contribution in [0.15, 0.2) is 35.9 Å². The van der Waals surface area contributed by atoms with Crippen LogP contribution in [-0.2, 0) is 4.57 Å². The Balaban J connectivity index is 3.15. The van der Waals surface area contributed by atoms with Crippen LogP contribution in [0.2, 0.25) is 0 Å². The molecule has 70 valence electrons. The molecule has 13 heavy (non-hydrogen) atoms. The van der Waals surface area contributed by atoms with Crippen LogP contribution in [-0.4, -0.2) is 9.79 Å². The highest BCUT2D eigenvalue weighted by molar-refractivity contribution is 7.63. The van der Waals surface area contributed by atoms with E-state index in [-0.39, 0.29) is 5.31 Å². The molecule has 0 aliphatic rings.